The molecule has 2 aromatic carbocycles. The van der Waals surface area contributed by atoms with Crippen molar-refractivity contribution in [1.29, 1.82) is 0 Å². The van der Waals surface area contributed by atoms with Gasteiger partial charge in [0.25, 0.3) is 5.91 Å². The SMILES string of the molecule is COc1c2c(cc3c1[C@H](c1nnnn1-c1ccc(C(=O)NCCCN(C)C)cc1)N(C)CC3)OCO2. The van der Waals surface area contributed by atoms with Gasteiger partial charge >= 0.3 is 0 Å². The molecule has 3 heterocycles. The van der Waals surface area contributed by atoms with Crippen molar-refractivity contribution in [1.82, 2.24) is 35.3 Å². The van der Waals surface area contributed by atoms with Gasteiger partial charge in [-0.05, 0) is 86.9 Å². The van der Waals surface area contributed by atoms with Crippen molar-refractivity contribution in [2.45, 2.75) is 18.9 Å². The third-order valence-electron chi connectivity index (χ3n) is 6.58. The minimum Gasteiger partial charge on any atom is -0.492 e. The predicted octanol–water partition coefficient (Wildman–Crippen LogP) is 1.66. The normalized spacial score (nSPS) is 16.8. The molecule has 1 amide bonds. The Morgan fingerprint density at radius 1 is 1.25 bits per heavy atom. The van der Waals surface area contributed by atoms with Crippen LogP contribution in [0.3, 0.4) is 0 Å². The molecule has 0 spiro atoms. The lowest BCUT2D eigenvalue weighted by Crippen LogP contribution is -2.35. The van der Waals surface area contributed by atoms with Crippen LogP contribution in [0.15, 0.2) is 30.3 Å². The summed E-state index contributed by atoms with van der Waals surface area (Å²) in [5, 5.41) is 15.6. The molecular weight excluding hydrogens is 462 g/mol. The number of benzene rings is 2. The summed E-state index contributed by atoms with van der Waals surface area (Å²) in [6, 6.07) is 9.07. The number of carbonyl (C=O) groups is 1. The van der Waals surface area contributed by atoms with Gasteiger partial charge in [-0.3, -0.25) is 9.69 Å². The Kier molecular flexibility index (Phi) is 6.75. The average Bonchev–Trinajstić information content (AvgIpc) is 3.55. The van der Waals surface area contributed by atoms with Crippen LogP contribution in [0.4, 0.5) is 0 Å². The number of likely N-dealkylation sites (N-methyl/N-ethyl adjacent to an activating group) is 1. The van der Waals surface area contributed by atoms with Crippen LogP contribution in [0.25, 0.3) is 5.69 Å². The number of aromatic nitrogens is 4. The highest BCUT2D eigenvalue weighted by Crippen LogP contribution is 2.50. The molecule has 1 aromatic heterocycles. The van der Waals surface area contributed by atoms with Crippen molar-refractivity contribution in [2.24, 2.45) is 0 Å². The molecule has 0 bridgehead atoms. The zero-order valence-electron chi connectivity index (χ0n) is 21.0. The maximum absolute atomic E-state index is 12.5. The molecule has 11 nitrogen and oxygen atoms in total. The van der Waals surface area contributed by atoms with Gasteiger partial charge in [0, 0.05) is 24.2 Å². The number of nitrogens with one attached hydrogen (secondary N) is 1. The number of fused-ring (bicyclic) bond motifs is 2. The van der Waals surface area contributed by atoms with Crippen LogP contribution in [-0.4, -0.2) is 90.6 Å². The highest BCUT2D eigenvalue weighted by Gasteiger charge is 2.37. The topological polar surface area (TPSA) is 107 Å². The lowest BCUT2D eigenvalue weighted by atomic mass is 9.90. The van der Waals surface area contributed by atoms with E-state index in [9.17, 15) is 4.79 Å². The van der Waals surface area contributed by atoms with Gasteiger partial charge < -0.3 is 24.4 Å². The maximum Gasteiger partial charge on any atom is 0.251 e. The average molecular weight is 494 g/mol. The third kappa shape index (κ3) is 4.47. The van der Waals surface area contributed by atoms with Gasteiger partial charge in [0.1, 0.15) is 6.04 Å². The molecule has 0 fully saturated rings. The standard InChI is InChI=1S/C25H31N7O4/c1-30(2)12-5-11-26-25(33)16-6-8-18(9-7-16)32-24(27-28-29-32)21-20-17(10-13-31(21)3)14-19-22(23(20)34-4)36-15-35-19/h6-9,14,21H,5,10-13,15H2,1-4H3,(H,26,33)/t21-/m1/s1. The quantitative estimate of drug-likeness (QED) is 0.469. The molecule has 2 aliphatic heterocycles. The molecule has 0 radical (unpaired) electrons. The second-order valence-corrected chi connectivity index (χ2v) is 9.26. The number of tetrazole rings is 1. The van der Waals surface area contributed by atoms with E-state index in [1.807, 2.05) is 39.3 Å². The van der Waals surface area contributed by atoms with Crippen LogP contribution in [0.5, 0.6) is 17.2 Å². The smallest absolute Gasteiger partial charge is 0.251 e. The van der Waals surface area contributed by atoms with Crippen LogP contribution in [0.1, 0.15) is 39.8 Å². The maximum atomic E-state index is 12.5. The van der Waals surface area contributed by atoms with Crippen LogP contribution in [0.2, 0.25) is 0 Å². The minimum absolute atomic E-state index is 0.0982. The number of rotatable bonds is 8. The molecule has 2 aliphatic rings. The second-order valence-electron chi connectivity index (χ2n) is 9.26. The molecule has 190 valence electrons. The monoisotopic (exact) mass is 493 g/mol. The Labute approximate surface area is 209 Å². The Hall–Kier alpha value is -3.70. The first kappa shape index (κ1) is 24.0. The number of hydrogen-bond donors (Lipinski definition) is 1. The van der Waals surface area contributed by atoms with Gasteiger partial charge in [0.2, 0.25) is 12.5 Å². The van der Waals surface area contributed by atoms with Crippen molar-refractivity contribution in [3.63, 3.8) is 0 Å². The van der Waals surface area contributed by atoms with Crippen molar-refractivity contribution in [3.8, 4) is 22.9 Å². The first-order valence-corrected chi connectivity index (χ1v) is 12.0. The predicted molar refractivity (Wildman–Crippen MR) is 132 cm³/mol. The fourth-order valence-electron chi connectivity index (χ4n) is 4.76. The molecule has 1 atom stereocenters. The van der Waals surface area contributed by atoms with E-state index in [1.165, 1.54) is 0 Å². The first-order valence-electron chi connectivity index (χ1n) is 12.0. The summed E-state index contributed by atoms with van der Waals surface area (Å²) >= 11 is 0. The van der Waals surface area contributed by atoms with E-state index in [1.54, 1.807) is 23.9 Å². The summed E-state index contributed by atoms with van der Waals surface area (Å²) in [5.41, 5.74) is 3.45. The Morgan fingerprint density at radius 3 is 2.81 bits per heavy atom. The largest absolute Gasteiger partial charge is 0.492 e. The van der Waals surface area contributed by atoms with Gasteiger partial charge in [-0.1, -0.05) is 0 Å². The molecule has 5 rings (SSSR count). The van der Waals surface area contributed by atoms with Crippen LogP contribution < -0.4 is 19.5 Å². The fourth-order valence-corrected chi connectivity index (χ4v) is 4.76. The summed E-state index contributed by atoms with van der Waals surface area (Å²) in [7, 11) is 7.71. The van der Waals surface area contributed by atoms with E-state index in [0.717, 1.165) is 42.7 Å². The van der Waals surface area contributed by atoms with Gasteiger partial charge in [-0.25, -0.2) is 0 Å². The number of methoxy groups -OCH3 is 1. The number of carbonyl (C=O) groups excluding carboxylic acids is 1. The fraction of sp³-hybridized carbons (Fsp3) is 0.440. The number of nitrogens with zero attached hydrogens (tertiary/aromatic N) is 6. The zero-order valence-corrected chi connectivity index (χ0v) is 21.0. The van der Waals surface area contributed by atoms with E-state index in [-0.39, 0.29) is 18.7 Å². The molecule has 3 aromatic rings. The van der Waals surface area contributed by atoms with Gasteiger partial charge in [-0.15, -0.1) is 5.10 Å². The summed E-state index contributed by atoms with van der Waals surface area (Å²) in [6.07, 6.45) is 1.74. The van der Waals surface area contributed by atoms with Crippen molar-refractivity contribution >= 4 is 5.91 Å². The minimum atomic E-state index is -0.257. The second kappa shape index (κ2) is 10.1. The van der Waals surface area contributed by atoms with E-state index in [4.69, 9.17) is 14.2 Å². The summed E-state index contributed by atoms with van der Waals surface area (Å²) < 4.78 is 18.9. The van der Waals surface area contributed by atoms with E-state index < -0.39 is 0 Å². The Balaban J connectivity index is 1.43. The zero-order chi connectivity index (χ0) is 25.2. The molecule has 0 saturated carbocycles. The molecule has 1 N–H and O–H groups in total. The first-order chi connectivity index (χ1) is 17.5. The van der Waals surface area contributed by atoms with Crippen LogP contribution in [0, 0.1) is 0 Å². The summed E-state index contributed by atoms with van der Waals surface area (Å²) in [5.74, 6) is 2.50. The Bertz CT molecular complexity index is 1240. The summed E-state index contributed by atoms with van der Waals surface area (Å²) in [6.45, 7) is 2.54. The molecule has 36 heavy (non-hydrogen) atoms. The van der Waals surface area contributed by atoms with E-state index >= 15 is 0 Å². The molecule has 0 saturated heterocycles. The lowest BCUT2D eigenvalue weighted by Gasteiger charge is -2.34. The molecule has 0 unspecified atom stereocenters. The third-order valence-corrected chi connectivity index (χ3v) is 6.58. The van der Waals surface area contributed by atoms with E-state index in [2.05, 4.69) is 30.6 Å². The highest BCUT2D eigenvalue weighted by atomic mass is 16.7. The van der Waals surface area contributed by atoms with Crippen molar-refractivity contribution in [2.75, 3.05) is 54.7 Å². The number of ether oxygens (including phenoxy) is 3. The number of amides is 1. The van der Waals surface area contributed by atoms with Crippen LogP contribution >= 0.6 is 0 Å². The molecule has 11 heteroatoms. The van der Waals surface area contributed by atoms with Gasteiger partial charge in [0.05, 0.1) is 12.8 Å². The lowest BCUT2D eigenvalue weighted by molar-refractivity contribution is 0.0952. The number of hydrogen-bond acceptors (Lipinski definition) is 9. The van der Waals surface area contributed by atoms with Crippen LogP contribution in [-0.2, 0) is 6.42 Å². The molecular formula is C25H31N7O4. The molecule has 0 aliphatic carbocycles. The Morgan fingerprint density at radius 2 is 2.06 bits per heavy atom. The van der Waals surface area contributed by atoms with Gasteiger partial charge in [-0.2, -0.15) is 4.68 Å². The summed E-state index contributed by atoms with van der Waals surface area (Å²) in [4.78, 5) is 16.8. The van der Waals surface area contributed by atoms with Crippen molar-refractivity contribution < 1.29 is 19.0 Å². The van der Waals surface area contributed by atoms with Gasteiger partial charge in [0.15, 0.2) is 17.3 Å². The highest BCUT2D eigenvalue weighted by molar-refractivity contribution is 5.94. The van der Waals surface area contributed by atoms with Crippen molar-refractivity contribution in [3.05, 3.63) is 52.8 Å². The van der Waals surface area contributed by atoms with E-state index in [0.29, 0.717) is 35.2 Å².